The van der Waals surface area contributed by atoms with Gasteiger partial charge in [0.1, 0.15) is 5.82 Å². The summed E-state index contributed by atoms with van der Waals surface area (Å²) < 4.78 is 4.99. The van der Waals surface area contributed by atoms with Crippen molar-refractivity contribution in [1.29, 1.82) is 0 Å². The highest BCUT2D eigenvalue weighted by Gasteiger charge is 2.08. The lowest BCUT2D eigenvalue weighted by molar-refractivity contribution is 0.398. The number of ether oxygens (including phenoxy) is 1. The fourth-order valence-electron chi connectivity index (χ4n) is 1.80. The topological polar surface area (TPSA) is 67.9 Å². The Morgan fingerprint density at radius 1 is 1.39 bits per heavy atom. The second kappa shape index (κ2) is 5.00. The lowest BCUT2D eigenvalue weighted by Crippen LogP contribution is -2.16. The normalized spacial score (nSPS) is 10.4. The lowest BCUT2D eigenvalue weighted by Gasteiger charge is -2.06. The van der Waals surface area contributed by atoms with Gasteiger partial charge in [-0.05, 0) is 19.4 Å². The number of nitrogens with zero attached hydrogens (tertiary/aromatic N) is 2. The van der Waals surface area contributed by atoms with Crippen molar-refractivity contribution in [3.63, 3.8) is 0 Å². The Morgan fingerprint density at radius 3 is 2.67 bits per heavy atom. The predicted molar refractivity (Wildman–Crippen MR) is 68.8 cm³/mol. The molecular weight excluding hydrogens is 230 g/mol. The van der Waals surface area contributed by atoms with E-state index in [1.54, 1.807) is 19.4 Å². The number of hydrogen-bond donors (Lipinski definition) is 1. The van der Waals surface area contributed by atoms with Crippen LogP contribution < -0.4 is 10.3 Å². The van der Waals surface area contributed by atoms with Gasteiger partial charge in [0.2, 0.25) is 5.88 Å². The minimum Gasteiger partial charge on any atom is -0.481 e. The quantitative estimate of drug-likeness (QED) is 0.893. The summed E-state index contributed by atoms with van der Waals surface area (Å²) in [5, 5.41) is 0. The Kier molecular flexibility index (Phi) is 3.41. The van der Waals surface area contributed by atoms with Gasteiger partial charge in [-0.15, -0.1) is 0 Å². The molecule has 5 nitrogen and oxygen atoms in total. The summed E-state index contributed by atoms with van der Waals surface area (Å²) in [6.07, 6.45) is 2.30. The smallest absolute Gasteiger partial charge is 0.254 e. The largest absolute Gasteiger partial charge is 0.481 e. The molecule has 2 aromatic heterocycles. The van der Waals surface area contributed by atoms with E-state index in [9.17, 15) is 4.79 Å². The van der Waals surface area contributed by atoms with Crippen LogP contribution in [0.5, 0.6) is 5.88 Å². The first kappa shape index (κ1) is 12.3. The van der Waals surface area contributed by atoms with Crippen molar-refractivity contribution in [3.05, 3.63) is 39.9 Å². The monoisotopic (exact) mass is 245 g/mol. The van der Waals surface area contributed by atoms with Crippen molar-refractivity contribution in [2.24, 2.45) is 0 Å². The molecule has 0 atom stereocenters. The average molecular weight is 245 g/mol. The third kappa shape index (κ3) is 2.25. The van der Waals surface area contributed by atoms with E-state index in [0.29, 0.717) is 18.1 Å². The number of aromatic amines is 1. The Hall–Kier alpha value is -2.17. The summed E-state index contributed by atoms with van der Waals surface area (Å²) in [6, 6.07) is 3.55. The van der Waals surface area contributed by atoms with E-state index in [-0.39, 0.29) is 5.56 Å². The van der Waals surface area contributed by atoms with Crippen LogP contribution in [0.2, 0.25) is 0 Å². The molecule has 5 heteroatoms. The van der Waals surface area contributed by atoms with E-state index in [1.165, 1.54) is 0 Å². The first-order valence-corrected chi connectivity index (χ1v) is 5.76. The summed E-state index contributed by atoms with van der Waals surface area (Å²) in [4.78, 5) is 23.1. The Morgan fingerprint density at radius 2 is 2.17 bits per heavy atom. The van der Waals surface area contributed by atoms with Gasteiger partial charge >= 0.3 is 0 Å². The Bertz CT molecular complexity index is 603. The molecule has 0 aliphatic heterocycles. The zero-order valence-electron chi connectivity index (χ0n) is 10.7. The van der Waals surface area contributed by atoms with Crippen LogP contribution in [0, 0.1) is 6.92 Å². The molecule has 1 N–H and O–H groups in total. The molecule has 0 aliphatic rings. The zero-order valence-corrected chi connectivity index (χ0v) is 10.7. The van der Waals surface area contributed by atoms with Crippen LogP contribution in [0.1, 0.15) is 18.2 Å². The van der Waals surface area contributed by atoms with Gasteiger partial charge in [0.25, 0.3) is 5.56 Å². The highest BCUT2D eigenvalue weighted by molar-refractivity contribution is 5.54. The zero-order chi connectivity index (χ0) is 13.1. The van der Waals surface area contributed by atoms with E-state index in [4.69, 9.17) is 4.74 Å². The summed E-state index contributed by atoms with van der Waals surface area (Å²) in [7, 11) is 1.56. The van der Waals surface area contributed by atoms with E-state index >= 15 is 0 Å². The number of aryl methyl sites for hydroxylation is 1. The van der Waals surface area contributed by atoms with E-state index in [0.717, 1.165) is 16.8 Å². The van der Waals surface area contributed by atoms with Gasteiger partial charge < -0.3 is 9.72 Å². The predicted octanol–water partition coefficient (Wildman–Crippen LogP) is 1.71. The fraction of sp³-hybridized carbons (Fsp3) is 0.308. The number of hydrogen-bond acceptors (Lipinski definition) is 4. The lowest BCUT2D eigenvalue weighted by atomic mass is 10.2. The minimum absolute atomic E-state index is 0.0872. The fourth-order valence-corrected chi connectivity index (χ4v) is 1.80. The van der Waals surface area contributed by atoms with Crippen LogP contribution in [-0.4, -0.2) is 22.1 Å². The van der Waals surface area contributed by atoms with Crippen LogP contribution in [0.15, 0.2) is 23.1 Å². The molecule has 18 heavy (non-hydrogen) atoms. The molecule has 94 valence electrons. The van der Waals surface area contributed by atoms with E-state index in [1.807, 2.05) is 19.9 Å². The highest BCUT2D eigenvalue weighted by Crippen LogP contribution is 2.16. The van der Waals surface area contributed by atoms with Crippen molar-refractivity contribution in [2.75, 3.05) is 7.11 Å². The maximum absolute atomic E-state index is 11.8. The van der Waals surface area contributed by atoms with E-state index in [2.05, 4.69) is 15.0 Å². The average Bonchev–Trinajstić information content (AvgIpc) is 2.38. The van der Waals surface area contributed by atoms with Gasteiger partial charge in [0.15, 0.2) is 0 Å². The van der Waals surface area contributed by atoms with Crippen molar-refractivity contribution in [2.45, 2.75) is 20.3 Å². The molecular formula is C13H15N3O2. The number of nitrogens with one attached hydrogen (secondary N) is 1. The van der Waals surface area contributed by atoms with Crippen molar-refractivity contribution >= 4 is 0 Å². The first-order valence-electron chi connectivity index (χ1n) is 5.76. The molecule has 0 spiro atoms. The van der Waals surface area contributed by atoms with Gasteiger partial charge in [-0.1, -0.05) is 6.92 Å². The maximum Gasteiger partial charge on any atom is 0.254 e. The van der Waals surface area contributed by atoms with Gasteiger partial charge in [-0.25, -0.2) is 9.97 Å². The second-order valence-electron chi connectivity index (χ2n) is 3.92. The summed E-state index contributed by atoms with van der Waals surface area (Å²) >= 11 is 0. The molecule has 2 aromatic rings. The molecule has 0 radical (unpaired) electrons. The molecule has 0 aliphatic carbocycles. The molecule has 0 bridgehead atoms. The van der Waals surface area contributed by atoms with Crippen LogP contribution in [-0.2, 0) is 6.42 Å². The number of methoxy groups -OCH3 is 1. The molecule has 0 fully saturated rings. The summed E-state index contributed by atoms with van der Waals surface area (Å²) in [5.74, 6) is 1.06. The standard InChI is InChI=1S/C13H15N3O2/c1-4-10-8(2)15-12(16-13(10)17)9-5-6-11(18-3)14-7-9/h5-7H,4H2,1-3H3,(H,15,16,17). The van der Waals surface area contributed by atoms with Crippen LogP contribution >= 0.6 is 0 Å². The number of pyridine rings is 1. The van der Waals surface area contributed by atoms with Crippen LogP contribution in [0.25, 0.3) is 11.4 Å². The van der Waals surface area contributed by atoms with E-state index < -0.39 is 0 Å². The molecule has 0 amide bonds. The SMILES string of the molecule is CCc1c(C)nc(-c2ccc(OC)nc2)[nH]c1=O. The third-order valence-corrected chi connectivity index (χ3v) is 2.79. The Balaban J connectivity index is 2.47. The van der Waals surface area contributed by atoms with Gasteiger partial charge in [0.05, 0.1) is 7.11 Å². The molecule has 0 saturated carbocycles. The molecule has 2 heterocycles. The first-order chi connectivity index (χ1) is 8.65. The number of H-pyrrole nitrogens is 1. The van der Waals surface area contributed by atoms with Gasteiger partial charge in [-0.2, -0.15) is 0 Å². The maximum atomic E-state index is 11.8. The number of aromatic nitrogens is 3. The summed E-state index contributed by atoms with van der Waals surface area (Å²) in [6.45, 7) is 3.78. The molecule has 0 unspecified atom stereocenters. The molecule has 2 rings (SSSR count). The van der Waals surface area contributed by atoms with Crippen LogP contribution in [0.3, 0.4) is 0 Å². The van der Waals surface area contributed by atoms with Gasteiger partial charge in [0, 0.05) is 29.1 Å². The second-order valence-corrected chi connectivity index (χ2v) is 3.92. The van der Waals surface area contributed by atoms with Crippen molar-refractivity contribution < 1.29 is 4.74 Å². The number of rotatable bonds is 3. The van der Waals surface area contributed by atoms with Crippen LogP contribution in [0.4, 0.5) is 0 Å². The molecule has 0 aromatic carbocycles. The van der Waals surface area contributed by atoms with Crippen molar-refractivity contribution in [3.8, 4) is 17.3 Å². The van der Waals surface area contributed by atoms with Gasteiger partial charge in [-0.3, -0.25) is 4.79 Å². The Labute approximate surface area is 105 Å². The highest BCUT2D eigenvalue weighted by atomic mass is 16.5. The molecule has 0 saturated heterocycles. The third-order valence-electron chi connectivity index (χ3n) is 2.79. The minimum atomic E-state index is -0.0872. The summed E-state index contributed by atoms with van der Waals surface area (Å²) in [5.41, 5.74) is 2.15. The van der Waals surface area contributed by atoms with Crippen molar-refractivity contribution in [1.82, 2.24) is 15.0 Å².